The van der Waals surface area contributed by atoms with E-state index in [1.807, 2.05) is 32.0 Å². The molecule has 0 heterocycles. The van der Waals surface area contributed by atoms with Gasteiger partial charge in [0.05, 0.1) is 0 Å². The Morgan fingerprint density at radius 2 is 1.81 bits per heavy atom. The van der Waals surface area contributed by atoms with Gasteiger partial charge in [-0.2, -0.15) is 0 Å². The first-order valence-electron chi connectivity index (χ1n) is 5.24. The number of likely N-dealkylation sites (N-methyl/N-ethyl adjacent to an activating group) is 1. The summed E-state index contributed by atoms with van der Waals surface area (Å²) in [6.07, 6.45) is 0. The summed E-state index contributed by atoms with van der Waals surface area (Å²) in [5.74, 6) is -0.871. The van der Waals surface area contributed by atoms with Crippen molar-refractivity contribution in [3.05, 3.63) is 34.9 Å². The van der Waals surface area contributed by atoms with Crippen LogP contribution in [0, 0.1) is 13.8 Å². The maximum absolute atomic E-state index is 11.4. The van der Waals surface area contributed by atoms with E-state index >= 15 is 0 Å². The van der Waals surface area contributed by atoms with Gasteiger partial charge < -0.3 is 4.90 Å². The monoisotopic (exact) mass is 219 g/mol. The van der Waals surface area contributed by atoms with Crippen molar-refractivity contribution >= 4 is 11.7 Å². The zero-order valence-electron chi connectivity index (χ0n) is 10.2. The molecule has 0 aliphatic rings. The molecular weight excluding hydrogens is 202 g/mol. The molecule has 0 aliphatic heterocycles. The van der Waals surface area contributed by atoms with Crippen molar-refractivity contribution in [1.82, 2.24) is 4.90 Å². The topological polar surface area (TPSA) is 37.4 Å². The third-order valence-corrected chi connectivity index (χ3v) is 2.64. The molecule has 86 valence electrons. The molecule has 0 radical (unpaired) electrons. The molecule has 16 heavy (non-hydrogen) atoms. The maximum atomic E-state index is 11.4. The van der Waals surface area contributed by atoms with Crippen molar-refractivity contribution in [2.24, 2.45) is 0 Å². The fraction of sp³-hybridized carbons (Fsp3) is 0.385. The Labute approximate surface area is 96.1 Å². The molecule has 0 N–H and O–H groups in total. The average Bonchev–Trinajstić information content (AvgIpc) is 2.22. The summed E-state index contributed by atoms with van der Waals surface area (Å²) >= 11 is 0. The van der Waals surface area contributed by atoms with Crippen LogP contribution in [0.2, 0.25) is 0 Å². The quantitative estimate of drug-likeness (QED) is 0.727. The molecule has 0 saturated heterocycles. The van der Waals surface area contributed by atoms with Crippen LogP contribution >= 0.6 is 0 Å². The molecule has 3 heteroatoms. The fourth-order valence-corrected chi connectivity index (χ4v) is 1.52. The van der Waals surface area contributed by atoms with Crippen molar-refractivity contribution in [3.63, 3.8) is 0 Å². The van der Waals surface area contributed by atoms with Crippen LogP contribution in [0.5, 0.6) is 0 Å². The van der Waals surface area contributed by atoms with E-state index in [0.29, 0.717) is 6.54 Å². The van der Waals surface area contributed by atoms with Crippen molar-refractivity contribution in [3.8, 4) is 0 Å². The second-order valence-electron chi connectivity index (χ2n) is 4.14. The molecule has 0 aromatic heterocycles. The summed E-state index contributed by atoms with van der Waals surface area (Å²) in [7, 11) is 1.64. The number of Topliss-reactive ketones (excluding diaryl/α,β-unsaturated/α-hetero) is 1. The Morgan fingerprint density at radius 1 is 1.19 bits per heavy atom. The predicted molar refractivity (Wildman–Crippen MR) is 63.1 cm³/mol. The van der Waals surface area contributed by atoms with E-state index in [1.165, 1.54) is 23.0 Å². The first kappa shape index (κ1) is 12.4. The number of aryl methyl sites for hydroxylation is 2. The van der Waals surface area contributed by atoms with Gasteiger partial charge in [0.15, 0.2) is 0 Å². The van der Waals surface area contributed by atoms with Crippen molar-refractivity contribution < 1.29 is 9.59 Å². The number of carbonyl (C=O) groups excluding carboxylic acids is 2. The highest BCUT2D eigenvalue weighted by Crippen LogP contribution is 2.11. The van der Waals surface area contributed by atoms with Crippen LogP contribution in [-0.4, -0.2) is 23.6 Å². The number of amides is 1. The number of hydrogen-bond acceptors (Lipinski definition) is 2. The van der Waals surface area contributed by atoms with Crippen molar-refractivity contribution in [2.75, 3.05) is 7.05 Å². The van der Waals surface area contributed by atoms with Gasteiger partial charge in [0.2, 0.25) is 5.78 Å². The molecule has 0 bridgehead atoms. The normalized spacial score (nSPS) is 10.0. The average molecular weight is 219 g/mol. The molecule has 1 amide bonds. The number of hydrogen-bond donors (Lipinski definition) is 0. The van der Waals surface area contributed by atoms with E-state index in [4.69, 9.17) is 0 Å². The molecule has 0 saturated carbocycles. The lowest BCUT2D eigenvalue weighted by Crippen LogP contribution is -2.31. The van der Waals surface area contributed by atoms with Crippen LogP contribution in [-0.2, 0) is 16.1 Å². The van der Waals surface area contributed by atoms with E-state index in [1.54, 1.807) is 7.05 Å². The molecule has 0 atom stereocenters. The minimum absolute atomic E-state index is 0.425. The molecule has 1 aromatic carbocycles. The molecule has 0 spiro atoms. The molecule has 1 rings (SSSR count). The first-order chi connectivity index (χ1) is 7.41. The molecule has 0 unspecified atom stereocenters. The Kier molecular flexibility index (Phi) is 3.82. The highest BCUT2D eigenvalue weighted by Gasteiger charge is 2.13. The summed E-state index contributed by atoms with van der Waals surface area (Å²) in [6.45, 7) is 5.84. The van der Waals surface area contributed by atoms with E-state index in [9.17, 15) is 9.59 Å². The standard InChI is InChI=1S/C13H17NO2/c1-9-5-6-12(7-10(9)2)8-14(4)13(16)11(3)15/h5-7H,8H2,1-4H3. The molecule has 0 fully saturated rings. The van der Waals surface area contributed by atoms with Gasteiger partial charge in [-0.3, -0.25) is 9.59 Å². The fourth-order valence-electron chi connectivity index (χ4n) is 1.52. The summed E-state index contributed by atoms with van der Waals surface area (Å²) in [5.41, 5.74) is 3.46. The zero-order chi connectivity index (χ0) is 12.3. The van der Waals surface area contributed by atoms with Gasteiger partial charge in [-0.05, 0) is 30.5 Å². The summed E-state index contributed by atoms with van der Waals surface area (Å²) < 4.78 is 0. The Hall–Kier alpha value is -1.64. The van der Waals surface area contributed by atoms with Gasteiger partial charge in [0.25, 0.3) is 5.91 Å². The predicted octanol–water partition coefficient (Wildman–Crippen LogP) is 1.85. The largest absolute Gasteiger partial charge is 0.335 e. The Balaban J connectivity index is 2.77. The Morgan fingerprint density at radius 3 is 2.31 bits per heavy atom. The van der Waals surface area contributed by atoms with Gasteiger partial charge in [-0.15, -0.1) is 0 Å². The molecular formula is C13H17NO2. The zero-order valence-corrected chi connectivity index (χ0v) is 10.2. The van der Waals surface area contributed by atoms with Gasteiger partial charge in [-0.25, -0.2) is 0 Å². The van der Waals surface area contributed by atoms with Crippen LogP contribution in [0.4, 0.5) is 0 Å². The number of benzene rings is 1. The lowest BCUT2D eigenvalue weighted by molar-refractivity contribution is -0.143. The van der Waals surface area contributed by atoms with Crippen LogP contribution in [0.15, 0.2) is 18.2 Å². The first-order valence-corrected chi connectivity index (χ1v) is 5.24. The number of nitrogens with zero attached hydrogens (tertiary/aromatic N) is 1. The third-order valence-electron chi connectivity index (χ3n) is 2.64. The highest BCUT2D eigenvalue weighted by molar-refractivity contribution is 6.34. The summed E-state index contributed by atoms with van der Waals surface area (Å²) in [4.78, 5) is 23.7. The van der Waals surface area contributed by atoms with Gasteiger partial charge in [0, 0.05) is 20.5 Å². The number of carbonyl (C=O) groups is 2. The third kappa shape index (κ3) is 2.92. The number of rotatable bonds is 3. The van der Waals surface area contributed by atoms with E-state index < -0.39 is 11.7 Å². The van der Waals surface area contributed by atoms with Crippen LogP contribution < -0.4 is 0 Å². The SMILES string of the molecule is CC(=O)C(=O)N(C)Cc1ccc(C)c(C)c1. The molecule has 1 aromatic rings. The molecule has 0 aliphatic carbocycles. The molecule has 3 nitrogen and oxygen atoms in total. The number of ketones is 1. The highest BCUT2D eigenvalue weighted by atomic mass is 16.2. The lowest BCUT2D eigenvalue weighted by Gasteiger charge is -2.16. The summed E-state index contributed by atoms with van der Waals surface area (Å²) in [5, 5.41) is 0. The second-order valence-corrected chi connectivity index (χ2v) is 4.14. The maximum Gasteiger partial charge on any atom is 0.289 e. The lowest BCUT2D eigenvalue weighted by atomic mass is 10.1. The van der Waals surface area contributed by atoms with Gasteiger partial charge >= 0.3 is 0 Å². The van der Waals surface area contributed by atoms with E-state index in [0.717, 1.165) is 5.56 Å². The minimum atomic E-state index is -0.446. The van der Waals surface area contributed by atoms with E-state index in [-0.39, 0.29) is 0 Å². The van der Waals surface area contributed by atoms with Crippen LogP contribution in [0.25, 0.3) is 0 Å². The minimum Gasteiger partial charge on any atom is -0.335 e. The van der Waals surface area contributed by atoms with E-state index in [2.05, 4.69) is 0 Å². The van der Waals surface area contributed by atoms with Crippen LogP contribution in [0.1, 0.15) is 23.6 Å². The smallest absolute Gasteiger partial charge is 0.289 e. The van der Waals surface area contributed by atoms with Crippen molar-refractivity contribution in [1.29, 1.82) is 0 Å². The Bertz CT molecular complexity index is 424. The van der Waals surface area contributed by atoms with Gasteiger partial charge in [0.1, 0.15) is 0 Å². The summed E-state index contributed by atoms with van der Waals surface area (Å²) in [6, 6.07) is 6.04. The van der Waals surface area contributed by atoms with Crippen molar-refractivity contribution in [2.45, 2.75) is 27.3 Å². The second kappa shape index (κ2) is 4.92. The van der Waals surface area contributed by atoms with Crippen LogP contribution in [0.3, 0.4) is 0 Å². The van der Waals surface area contributed by atoms with Gasteiger partial charge in [-0.1, -0.05) is 18.2 Å².